The Bertz CT molecular complexity index is 130. The maximum Gasteiger partial charge on any atom is 0.0188 e. The molecule has 0 aromatic heterocycles. The zero-order chi connectivity index (χ0) is 9.68. The monoisotopic (exact) mass is 247 g/mol. The van der Waals surface area contributed by atoms with Gasteiger partial charge in [-0.2, -0.15) is 0 Å². The Kier molecular flexibility index (Phi) is 5.34. The zero-order valence-electron chi connectivity index (χ0n) is 8.85. The number of rotatable bonds is 5. The largest absolute Gasteiger partial charge is 0.313 e. The number of hydrogen-bond donors (Lipinski definition) is 1. The molecule has 2 heteroatoms. The highest BCUT2D eigenvalue weighted by Crippen LogP contribution is 2.24. The summed E-state index contributed by atoms with van der Waals surface area (Å²) >= 11 is 3.56. The molecule has 1 N–H and O–H groups in total. The Balaban J connectivity index is 2.15. The standard InChI is InChI=1S/C11H22BrN/c1-9(2)11(7-12)13-8-10-5-3-4-6-10/h9-11,13H,3-8H2,1-2H3. The van der Waals surface area contributed by atoms with E-state index in [9.17, 15) is 0 Å². The van der Waals surface area contributed by atoms with Crippen molar-refractivity contribution in [1.29, 1.82) is 0 Å². The van der Waals surface area contributed by atoms with Gasteiger partial charge in [0.25, 0.3) is 0 Å². The molecule has 1 atom stereocenters. The molecule has 1 fully saturated rings. The lowest BCUT2D eigenvalue weighted by Crippen LogP contribution is -2.37. The molecule has 1 unspecified atom stereocenters. The van der Waals surface area contributed by atoms with E-state index in [1.54, 1.807) is 0 Å². The summed E-state index contributed by atoms with van der Waals surface area (Å²) in [7, 11) is 0. The van der Waals surface area contributed by atoms with E-state index in [4.69, 9.17) is 0 Å². The molecule has 0 radical (unpaired) electrons. The van der Waals surface area contributed by atoms with Gasteiger partial charge in [-0.1, -0.05) is 42.6 Å². The van der Waals surface area contributed by atoms with Gasteiger partial charge in [-0.05, 0) is 31.2 Å². The van der Waals surface area contributed by atoms with E-state index >= 15 is 0 Å². The maximum atomic E-state index is 3.66. The van der Waals surface area contributed by atoms with Crippen LogP contribution in [0.25, 0.3) is 0 Å². The molecule has 1 saturated carbocycles. The summed E-state index contributed by atoms with van der Waals surface area (Å²) in [4.78, 5) is 0. The third-order valence-electron chi connectivity index (χ3n) is 3.11. The van der Waals surface area contributed by atoms with Crippen LogP contribution in [0.4, 0.5) is 0 Å². The third-order valence-corrected chi connectivity index (χ3v) is 3.81. The summed E-state index contributed by atoms with van der Waals surface area (Å²) in [5, 5.41) is 4.74. The average molecular weight is 248 g/mol. The third kappa shape index (κ3) is 3.99. The molecule has 0 bridgehead atoms. The minimum Gasteiger partial charge on any atom is -0.313 e. The first-order valence-electron chi connectivity index (χ1n) is 5.53. The minimum atomic E-state index is 0.653. The maximum absolute atomic E-state index is 3.66. The topological polar surface area (TPSA) is 12.0 Å². The Hall–Kier alpha value is 0.440. The number of halogens is 1. The second kappa shape index (κ2) is 6.02. The lowest BCUT2D eigenvalue weighted by atomic mass is 10.0. The first-order valence-corrected chi connectivity index (χ1v) is 6.65. The highest BCUT2D eigenvalue weighted by atomic mass is 79.9. The lowest BCUT2D eigenvalue weighted by Gasteiger charge is -2.22. The minimum absolute atomic E-state index is 0.653. The molecular weight excluding hydrogens is 226 g/mol. The summed E-state index contributed by atoms with van der Waals surface area (Å²) in [6, 6.07) is 0.653. The van der Waals surface area contributed by atoms with Crippen molar-refractivity contribution < 1.29 is 0 Å². The second-order valence-corrected chi connectivity index (χ2v) is 5.21. The van der Waals surface area contributed by atoms with E-state index in [0.717, 1.165) is 17.2 Å². The van der Waals surface area contributed by atoms with Crippen LogP contribution in [0.1, 0.15) is 39.5 Å². The molecule has 1 aliphatic rings. The molecule has 0 aromatic carbocycles. The molecule has 1 nitrogen and oxygen atoms in total. The van der Waals surface area contributed by atoms with Crippen molar-refractivity contribution in [3.8, 4) is 0 Å². The van der Waals surface area contributed by atoms with E-state index in [2.05, 4.69) is 35.1 Å². The normalized spacial score (nSPS) is 21.2. The van der Waals surface area contributed by atoms with E-state index in [1.165, 1.54) is 32.2 Å². The van der Waals surface area contributed by atoms with Gasteiger partial charge >= 0.3 is 0 Å². The van der Waals surface area contributed by atoms with E-state index in [-0.39, 0.29) is 0 Å². The molecule has 13 heavy (non-hydrogen) atoms. The molecule has 0 amide bonds. The second-order valence-electron chi connectivity index (χ2n) is 4.56. The van der Waals surface area contributed by atoms with E-state index in [1.807, 2.05) is 0 Å². The first-order chi connectivity index (χ1) is 6.24. The Labute approximate surface area is 90.8 Å². The lowest BCUT2D eigenvalue weighted by molar-refractivity contribution is 0.389. The average Bonchev–Trinajstić information content (AvgIpc) is 2.57. The predicted octanol–water partition coefficient (Wildman–Crippen LogP) is 3.19. The molecular formula is C11H22BrN. The first kappa shape index (κ1) is 11.5. The molecule has 1 aliphatic carbocycles. The molecule has 1 rings (SSSR count). The van der Waals surface area contributed by atoms with Crippen molar-refractivity contribution in [2.24, 2.45) is 11.8 Å². The van der Waals surface area contributed by atoms with E-state index < -0.39 is 0 Å². The van der Waals surface area contributed by atoms with Gasteiger partial charge in [0.15, 0.2) is 0 Å². The Morgan fingerprint density at radius 3 is 2.38 bits per heavy atom. The molecule has 0 heterocycles. The SMILES string of the molecule is CC(C)C(CBr)NCC1CCCC1. The van der Waals surface area contributed by atoms with Crippen LogP contribution < -0.4 is 5.32 Å². The highest BCUT2D eigenvalue weighted by molar-refractivity contribution is 9.09. The predicted molar refractivity (Wildman–Crippen MR) is 62.4 cm³/mol. The molecule has 0 spiro atoms. The number of alkyl halides is 1. The Morgan fingerprint density at radius 2 is 1.92 bits per heavy atom. The quantitative estimate of drug-likeness (QED) is 0.737. The fraction of sp³-hybridized carbons (Fsp3) is 1.00. The van der Waals surface area contributed by atoms with Gasteiger partial charge in [-0.15, -0.1) is 0 Å². The van der Waals surface area contributed by atoms with Crippen molar-refractivity contribution in [1.82, 2.24) is 5.32 Å². The van der Waals surface area contributed by atoms with Crippen LogP contribution in [0.15, 0.2) is 0 Å². The summed E-state index contributed by atoms with van der Waals surface area (Å²) < 4.78 is 0. The van der Waals surface area contributed by atoms with Gasteiger partial charge in [0.05, 0.1) is 0 Å². The molecule has 0 aliphatic heterocycles. The van der Waals surface area contributed by atoms with Crippen LogP contribution in [0.2, 0.25) is 0 Å². The number of hydrogen-bond acceptors (Lipinski definition) is 1. The van der Waals surface area contributed by atoms with Gasteiger partial charge in [0.1, 0.15) is 0 Å². The van der Waals surface area contributed by atoms with Gasteiger partial charge in [0, 0.05) is 11.4 Å². The zero-order valence-corrected chi connectivity index (χ0v) is 10.4. The summed E-state index contributed by atoms with van der Waals surface area (Å²) in [6.07, 6.45) is 5.79. The number of nitrogens with one attached hydrogen (secondary N) is 1. The van der Waals surface area contributed by atoms with Crippen LogP contribution in [-0.4, -0.2) is 17.9 Å². The van der Waals surface area contributed by atoms with Crippen LogP contribution in [-0.2, 0) is 0 Å². The molecule has 78 valence electrons. The van der Waals surface area contributed by atoms with Crippen molar-refractivity contribution >= 4 is 15.9 Å². The highest BCUT2D eigenvalue weighted by Gasteiger charge is 2.17. The van der Waals surface area contributed by atoms with Gasteiger partial charge in [-0.25, -0.2) is 0 Å². The van der Waals surface area contributed by atoms with Gasteiger partial charge in [-0.3, -0.25) is 0 Å². The van der Waals surface area contributed by atoms with Gasteiger partial charge < -0.3 is 5.32 Å². The Morgan fingerprint density at radius 1 is 1.31 bits per heavy atom. The fourth-order valence-electron chi connectivity index (χ4n) is 2.00. The van der Waals surface area contributed by atoms with Crippen LogP contribution in [0, 0.1) is 11.8 Å². The van der Waals surface area contributed by atoms with Crippen LogP contribution in [0.5, 0.6) is 0 Å². The van der Waals surface area contributed by atoms with Crippen LogP contribution in [0.3, 0.4) is 0 Å². The molecule has 0 saturated heterocycles. The van der Waals surface area contributed by atoms with Crippen molar-refractivity contribution in [2.45, 2.75) is 45.6 Å². The van der Waals surface area contributed by atoms with Crippen molar-refractivity contribution in [3.63, 3.8) is 0 Å². The van der Waals surface area contributed by atoms with Crippen LogP contribution >= 0.6 is 15.9 Å². The fourth-order valence-corrected chi connectivity index (χ4v) is 2.98. The van der Waals surface area contributed by atoms with Crippen molar-refractivity contribution in [2.75, 3.05) is 11.9 Å². The summed E-state index contributed by atoms with van der Waals surface area (Å²) in [6.45, 7) is 5.80. The molecule has 0 aromatic rings. The van der Waals surface area contributed by atoms with E-state index in [0.29, 0.717) is 6.04 Å². The summed E-state index contributed by atoms with van der Waals surface area (Å²) in [5.74, 6) is 1.70. The summed E-state index contributed by atoms with van der Waals surface area (Å²) in [5.41, 5.74) is 0. The smallest absolute Gasteiger partial charge is 0.0188 e. The van der Waals surface area contributed by atoms with Gasteiger partial charge in [0.2, 0.25) is 0 Å². The van der Waals surface area contributed by atoms with Crippen molar-refractivity contribution in [3.05, 3.63) is 0 Å².